The van der Waals surface area contributed by atoms with Crippen molar-refractivity contribution in [1.29, 1.82) is 0 Å². The Hall–Kier alpha value is -1.88. The maximum atomic E-state index is 12.2. The molecule has 1 atom stereocenters. The van der Waals surface area contributed by atoms with Gasteiger partial charge in [0.2, 0.25) is 5.91 Å². The standard InChI is InChI=1S/C15H20N2O3/c1-10-6-7-12(11(9-10)15(19)20-2)17-14(18)13-5-3-4-8-16-13/h6-7,9,13,16H,3-5,8H2,1-2H3,(H,17,18). The van der Waals surface area contributed by atoms with Crippen molar-refractivity contribution in [3.63, 3.8) is 0 Å². The summed E-state index contributed by atoms with van der Waals surface area (Å²) in [7, 11) is 1.33. The van der Waals surface area contributed by atoms with E-state index in [9.17, 15) is 9.59 Å². The topological polar surface area (TPSA) is 67.4 Å². The second-order valence-corrected chi connectivity index (χ2v) is 5.03. The summed E-state index contributed by atoms with van der Waals surface area (Å²) in [5.41, 5.74) is 1.83. The van der Waals surface area contributed by atoms with E-state index in [2.05, 4.69) is 10.6 Å². The van der Waals surface area contributed by atoms with E-state index in [4.69, 9.17) is 4.74 Å². The van der Waals surface area contributed by atoms with E-state index in [1.54, 1.807) is 12.1 Å². The van der Waals surface area contributed by atoms with Crippen LogP contribution >= 0.6 is 0 Å². The molecule has 1 fully saturated rings. The van der Waals surface area contributed by atoms with E-state index in [1.807, 2.05) is 13.0 Å². The van der Waals surface area contributed by atoms with Crippen LogP contribution in [-0.2, 0) is 9.53 Å². The molecular weight excluding hydrogens is 256 g/mol. The quantitative estimate of drug-likeness (QED) is 0.827. The van der Waals surface area contributed by atoms with Crippen molar-refractivity contribution < 1.29 is 14.3 Å². The third-order valence-corrected chi connectivity index (χ3v) is 3.47. The highest BCUT2D eigenvalue weighted by Crippen LogP contribution is 2.19. The molecule has 0 spiro atoms. The molecule has 1 aliphatic rings. The van der Waals surface area contributed by atoms with Gasteiger partial charge in [-0.05, 0) is 38.4 Å². The Morgan fingerprint density at radius 2 is 2.15 bits per heavy atom. The van der Waals surface area contributed by atoms with Crippen molar-refractivity contribution in [2.75, 3.05) is 19.0 Å². The SMILES string of the molecule is COC(=O)c1cc(C)ccc1NC(=O)C1CCCCN1. The Kier molecular flexibility index (Phi) is 4.74. The predicted molar refractivity (Wildman–Crippen MR) is 76.8 cm³/mol. The van der Waals surface area contributed by atoms with Gasteiger partial charge < -0.3 is 15.4 Å². The van der Waals surface area contributed by atoms with Crippen LogP contribution in [-0.4, -0.2) is 31.6 Å². The molecule has 1 amide bonds. The largest absolute Gasteiger partial charge is 0.465 e. The molecule has 1 unspecified atom stereocenters. The second-order valence-electron chi connectivity index (χ2n) is 5.03. The van der Waals surface area contributed by atoms with Gasteiger partial charge in [0.25, 0.3) is 0 Å². The number of carbonyl (C=O) groups is 2. The van der Waals surface area contributed by atoms with Crippen molar-refractivity contribution in [3.05, 3.63) is 29.3 Å². The Morgan fingerprint density at radius 1 is 1.35 bits per heavy atom. The van der Waals surface area contributed by atoms with Crippen LogP contribution in [0.15, 0.2) is 18.2 Å². The molecule has 0 aliphatic carbocycles. The van der Waals surface area contributed by atoms with Crippen LogP contribution in [0.1, 0.15) is 35.2 Å². The fourth-order valence-corrected chi connectivity index (χ4v) is 2.34. The first-order valence-electron chi connectivity index (χ1n) is 6.85. The van der Waals surface area contributed by atoms with Gasteiger partial charge in [-0.1, -0.05) is 18.1 Å². The molecule has 5 heteroatoms. The van der Waals surface area contributed by atoms with E-state index in [1.165, 1.54) is 7.11 Å². The number of esters is 1. The number of amides is 1. The summed E-state index contributed by atoms with van der Waals surface area (Å²) in [6, 6.07) is 5.13. The normalized spacial score (nSPS) is 18.4. The van der Waals surface area contributed by atoms with Gasteiger partial charge in [-0.25, -0.2) is 4.79 Å². The van der Waals surface area contributed by atoms with Crippen LogP contribution in [0.25, 0.3) is 0 Å². The minimum atomic E-state index is -0.444. The zero-order valence-electron chi connectivity index (χ0n) is 11.9. The van der Waals surface area contributed by atoms with Crippen molar-refractivity contribution in [1.82, 2.24) is 5.32 Å². The Morgan fingerprint density at radius 3 is 2.80 bits per heavy atom. The first-order chi connectivity index (χ1) is 9.61. The van der Waals surface area contributed by atoms with Gasteiger partial charge in [-0.2, -0.15) is 0 Å². The van der Waals surface area contributed by atoms with E-state index in [0.29, 0.717) is 11.3 Å². The summed E-state index contributed by atoms with van der Waals surface area (Å²) in [5.74, 6) is -0.542. The lowest BCUT2D eigenvalue weighted by molar-refractivity contribution is -0.118. The van der Waals surface area contributed by atoms with E-state index in [-0.39, 0.29) is 11.9 Å². The van der Waals surface area contributed by atoms with Gasteiger partial charge in [0.05, 0.1) is 24.4 Å². The summed E-state index contributed by atoms with van der Waals surface area (Å²) in [6.07, 6.45) is 2.97. The van der Waals surface area contributed by atoms with E-state index in [0.717, 1.165) is 31.4 Å². The molecule has 0 saturated carbocycles. The molecule has 5 nitrogen and oxygen atoms in total. The minimum Gasteiger partial charge on any atom is -0.465 e. The lowest BCUT2D eigenvalue weighted by Crippen LogP contribution is -2.43. The number of hydrogen-bond acceptors (Lipinski definition) is 4. The fourth-order valence-electron chi connectivity index (χ4n) is 2.34. The first-order valence-corrected chi connectivity index (χ1v) is 6.85. The molecule has 108 valence electrons. The van der Waals surface area contributed by atoms with Gasteiger partial charge in [0.1, 0.15) is 0 Å². The molecule has 2 N–H and O–H groups in total. The zero-order chi connectivity index (χ0) is 14.5. The maximum Gasteiger partial charge on any atom is 0.339 e. The Labute approximate surface area is 118 Å². The second kappa shape index (κ2) is 6.52. The minimum absolute atomic E-state index is 0.0984. The van der Waals surface area contributed by atoms with Crippen molar-refractivity contribution in [3.8, 4) is 0 Å². The van der Waals surface area contributed by atoms with Gasteiger partial charge in [-0.15, -0.1) is 0 Å². The molecule has 2 rings (SSSR count). The number of benzene rings is 1. The smallest absolute Gasteiger partial charge is 0.339 e. The molecular formula is C15H20N2O3. The van der Waals surface area contributed by atoms with Crippen LogP contribution in [0.4, 0.5) is 5.69 Å². The van der Waals surface area contributed by atoms with Gasteiger partial charge in [0, 0.05) is 0 Å². The van der Waals surface area contributed by atoms with Gasteiger partial charge >= 0.3 is 5.97 Å². The highest BCUT2D eigenvalue weighted by Gasteiger charge is 2.22. The molecule has 0 aromatic heterocycles. The summed E-state index contributed by atoms with van der Waals surface area (Å²) < 4.78 is 4.75. The molecule has 1 saturated heterocycles. The third-order valence-electron chi connectivity index (χ3n) is 3.47. The number of carbonyl (C=O) groups excluding carboxylic acids is 2. The number of hydrogen-bond donors (Lipinski definition) is 2. The number of piperidine rings is 1. The zero-order valence-corrected chi connectivity index (χ0v) is 11.9. The number of nitrogens with one attached hydrogen (secondary N) is 2. The Bertz CT molecular complexity index is 508. The lowest BCUT2D eigenvalue weighted by Gasteiger charge is -2.23. The number of aryl methyl sites for hydroxylation is 1. The number of rotatable bonds is 3. The highest BCUT2D eigenvalue weighted by atomic mass is 16.5. The molecule has 1 aliphatic heterocycles. The first kappa shape index (κ1) is 14.5. The summed E-state index contributed by atoms with van der Waals surface area (Å²) >= 11 is 0. The average Bonchev–Trinajstić information content (AvgIpc) is 2.49. The van der Waals surface area contributed by atoms with Crippen LogP contribution in [0, 0.1) is 6.92 Å². The van der Waals surface area contributed by atoms with Crippen LogP contribution in [0.2, 0.25) is 0 Å². The fraction of sp³-hybridized carbons (Fsp3) is 0.467. The van der Waals surface area contributed by atoms with Crippen molar-refractivity contribution in [2.45, 2.75) is 32.2 Å². The van der Waals surface area contributed by atoms with Crippen LogP contribution in [0.3, 0.4) is 0 Å². The molecule has 1 aromatic rings. The molecule has 0 bridgehead atoms. The number of ether oxygens (including phenoxy) is 1. The average molecular weight is 276 g/mol. The lowest BCUT2D eigenvalue weighted by atomic mass is 10.0. The maximum absolute atomic E-state index is 12.2. The highest BCUT2D eigenvalue weighted by molar-refractivity contribution is 6.02. The number of anilines is 1. The summed E-state index contributed by atoms with van der Waals surface area (Å²) in [5, 5.41) is 6.01. The van der Waals surface area contributed by atoms with Crippen LogP contribution < -0.4 is 10.6 Å². The summed E-state index contributed by atoms with van der Waals surface area (Å²) in [4.78, 5) is 23.9. The molecule has 1 heterocycles. The number of methoxy groups -OCH3 is 1. The predicted octanol–water partition coefficient (Wildman–Crippen LogP) is 1.86. The van der Waals surface area contributed by atoms with Crippen molar-refractivity contribution >= 4 is 17.6 Å². The van der Waals surface area contributed by atoms with E-state index < -0.39 is 5.97 Å². The molecule has 0 radical (unpaired) electrons. The third kappa shape index (κ3) is 3.36. The monoisotopic (exact) mass is 276 g/mol. The molecule has 20 heavy (non-hydrogen) atoms. The van der Waals surface area contributed by atoms with Crippen LogP contribution in [0.5, 0.6) is 0 Å². The van der Waals surface area contributed by atoms with Crippen molar-refractivity contribution in [2.24, 2.45) is 0 Å². The van der Waals surface area contributed by atoms with E-state index >= 15 is 0 Å². The Balaban J connectivity index is 2.15. The summed E-state index contributed by atoms with van der Waals surface area (Å²) in [6.45, 7) is 2.75. The molecule has 1 aromatic carbocycles. The van der Waals surface area contributed by atoms with Gasteiger partial charge in [0.15, 0.2) is 0 Å². The van der Waals surface area contributed by atoms with Gasteiger partial charge in [-0.3, -0.25) is 4.79 Å².